The van der Waals surface area contributed by atoms with Crippen molar-refractivity contribution in [2.24, 2.45) is 11.8 Å². The van der Waals surface area contributed by atoms with Gasteiger partial charge in [-0.3, -0.25) is 24.0 Å². The molecule has 40 heavy (non-hydrogen) atoms. The fourth-order valence-corrected chi connectivity index (χ4v) is 5.92. The van der Waals surface area contributed by atoms with Crippen LogP contribution in [0, 0.1) is 11.8 Å². The fourth-order valence-electron chi connectivity index (χ4n) is 5.92. The van der Waals surface area contributed by atoms with Gasteiger partial charge in [0.2, 0.25) is 11.8 Å². The molecule has 4 atom stereocenters. The van der Waals surface area contributed by atoms with Gasteiger partial charge in [-0.15, -0.1) is 0 Å². The molecule has 2 saturated heterocycles. The largest absolute Gasteiger partial charge is 0.427 e. The summed E-state index contributed by atoms with van der Waals surface area (Å²) in [5, 5.41) is 0. The van der Waals surface area contributed by atoms with Crippen LogP contribution in [0.15, 0.2) is 78.9 Å². The standard InChI is InChI=1S/C31H24N2O7/c1-17(34)39-22-12-7-20(8-13-22)29(36)28-27-26(25-16-9-19-5-3-4-6-24(19)33(25)28)30(37)32(31(27)38)21-10-14-23(15-11-21)40-18(2)35/h3-16,25-28H,1-2H3/t25-,26-,27-,28+/m0/s1. The van der Waals surface area contributed by atoms with E-state index in [0.29, 0.717) is 22.7 Å². The Morgan fingerprint density at radius 2 is 1.30 bits per heavy atom. The minimum absolute atomic E-state index is 0.291. The molecule has 3 aromatic rings. The van der Waals surface area contributed by atoms with Crippen LogP contribution in [-0.2, 0) is 19.2 Å². The van der Waals surface area contributed by atoms with E-state index in [1.54, 1.807) is 24.3 Å². The van der Waals surface area contributed by atoms with E-state index in [0.717, 1.165) is 16.2 Å². The Morgan fingerprint density at radius 1 is 0.725 bits per heavy atom. The molecule has 0 unspecified atom stereocenters. The van der Waals surface area contributed by atoms with Gasteiger partial charge in [0.25, 0.3) is 0 Å². The van der Waals surface area contributed by atoms with Crippen LogP contribution < -0.4 is 19.3 Å². The number of ketones is 1. The number of imide groups is 1. The first-order valence-corrected chi connectivity index (χ1v) is 12.8. The molecule has 9 heteroatoms. The highest BCUT2D eigenvalue weighted by Gasteiger charge is 2.64. The van der Waals surface area contributed by atoms with Crippen LogP contribution in [0.1, 0.15) is 29.8 Å². The van der Waals surface area contributed by atoms with Gasteiger partial charge in [0, 0.05) is 25.1 Å². The number of para-hydroxylation sites is 1. The number of benzene rings is 3. The van der Waals surface area contributed by atoms with E-state index in [2.05, 4.69) is 0 Å². The molecule has 0 N–H and O–H groups in total. The number of amides is 2. The summed E-state index contributed by atoms with van der Waals surface area (Å²) >= 11 is 0. The summed E-state index contributed by atoms with van der Waals surface area (Å²) < 4.78 is 10.2. The summed E-state index contributed by atoms with van der Waals surface area (Å²) in [5.74, 6) is -3.26. The number of nitrogens with zero attached hydrogens (tertiary/aromatic N) is 2. The number of fused-ring (bicyclic) bond motifs is 5. The molecule has 3 aliphatic rings. The number of rotatable bonds is 5. The lowest BCUT2D eigenvalue weighted by Gasteiger charge is -2.36. The molecule has 0 aliphatic carbocycles. The van der Waals surface area contributed by atoms with Gasteiger partial charge >= 0.3 is 11.9 Å². The molecular weight excluding hydrogens is 512 g/mol. The minimum Gasteiger partial charge on any atom is -0.427 e. The Bertz CT molecular complexity index is 1590. The Morgan fingerprint density at radius 3 is 1.93 bits per heavy atom. The van der Waals surface area contributed by atoms with E-state index in [1.165, 1.54) is 38.1 Å². The van der Waals surface area contributed by atoms with Crippen molar-refractivity contribution in [2.45, 2.75) is 25.9 Å². The zero-order valence-electron chi connectivity index (χ0n) is 21.6. The third kappa shape index (κ3) is 4.07. The van der Waals surface area contributed by atoms with Crippen LogP contribution in [-0.4, -0.2) is 41.6 Å². The molecule has 0 bridgehead atoms. The van der Waals surface area contributed by atoms with E-state index in [1.807, 2.05) is 41.3 Å². The van der Waals surface area contributed by atoms with Crippen LogP contribution in [0.25, 0.3) is 6.08 Å². The first-order valence-electron chi connectivity index (χ1n) is 12.8. The maximum absolute atomic E-state index is 14.1. The van der Waals surface area contributed by atoms with Crippen molar-refractivity contribution in [2.75, 3.05) is 9.80 Å². The maximum Gasteiger partial charge on any atom is 0.308 e. The second-order valence-corrected chi connectivity index (χ2v) is 9.89. The maximum atomic E-state index is 14.1. The molecule has 0 radical (unpaired) electrons. The predicted octanol–water partition coefficient (Wildman–Crippen LogP) is 3.81. The lowest BCUT2D eigenvalue weighted by Crippen LogP contribution is -2.48. The highest BCUT2D eigenvalue weighted by Crippen LogP contribution is 2.49. The van der Waals surface area contributed by atoms with Crippen molar-refractivity contribution in [3.8, 4) is 11.5 Å². The number of anilines is 2. The number of esters is 2. The molecule has 3 aliphatic heterocycles. The van der Waals surface area contributed by atoms with Crippen molar-refractivity contribution in [1.82, 2.24) is 0 Å². The van der Waals surface area contributed by atoms with Gasteiger partial charge in [0.15, 0.2) is 5.78 Å². The van der Waals surface area contributed by atoms with Gasteiger partial charge < -0.3 is 14.4 Å². The SMILES string of the molecule is CC(=O)Oc1ccc(C(=O)[C@H]2[C@H]3C(=O)N(c4ccc(OC(C)=O)cc4)C(=O)[C@H]3[C@@H]3C=Cc4ccccc4N32)cc1. The Labute approximate surface area is 229 Å². The summed E-state index contributed by atoms with van der Waals surface area (Å²) in [6, 6.07) is 18.4. The smallest absolute Gasteiger partial charge is 0.308 e. The van der Waals surface area contributed by atoms with Gasteiger partial charge in [0.1, 0.15) is 17.5 Å². The first-order chi connectivity index (χ1) is 19.2. The van der Waals surface area contributed by atoms with Crippen molar-refractivity contribution in [3.63, 3.8) is 0 Å². The molecule has 0 aromatic heterocycles. The Balaban J connectivity index is 1.40. The molecule has 3 aromatic carbocycles. The van der Waals surface area contributed by atoms with Gasteiger partial charge in [-0.05, 0) is 60.2 Å². The molecule has 9 nitrogen and oxygen atoms in total. The average molecular weight is 537 g/mol. The fraction of sp³-hybridized carbons (Fsp3) is 0.194. The molecule has 2 amide bonds. The van der Waals surface area contributed by atoms with Gasteiger partial charge in [-0.25, -0.2) is 4.90 Å². The van der Waals surface area contributed by atoms with Gasteiger partial charge in [-0.1, -0.05) is 30.4 Å². The number of ether oxygens (including phenoxy) is 2. The van der Waals surface area contributed by atoms with E-state index < -0.39 is 47.7 Å². The summed E-state index contributed by atoms with van der Waals surface area (Å²) in [6.45, 7) is 2.57. The Kier molecular flexibility index (Phi) is 6.06. The topological polar surface area (TPSA) is 110 Å². The normalized spacial score (nSPS) is 22.4. The van der Waals surface area contributed by atoms with E-state index in [4.69, 9.17) is 9.47 Å². The molecular formula is C31H24N2O7. The lowest BCUT2D eigenvalue weighted by molar-refractivity contribution is -0.132. The number of hydrogen-bond acceptors (Lipinski definition) is 8. The summed E-state index contributed by atoms with van der Waals surface area (Å²) in [7, 11) is 0. The van der Waals surface area contributed by atoms with E-state index in [9.17, 15) is 24.0 Å². The molecule has 3 heterocycles. The first kappa shape index (κ1) is 25.2. The second kappa shape index (κ2) is 9.60. The van der Waals surface area contributed by atoms with Crippen LogP contribution in [0.4, 0.5) is 11.4 Å². The van der Waals surface area contributed by atoms with Crippen molar-refractivity contribution in [1.29, 1.82) is 0 Å². The summed E-state index contributed by atoms with van der Waals surface area (Å²) in [6.07, 6.45) is 3.80. The molecule has 0 saturated carbocycles. The summed E-state index contributed by atoms with van der Waals surface area (Å²) in [5.41, 5.74) is 2.33. The zero-order valence-corrected chi connectivity index (χ0v) is 21.6. The van der Waals surface area contributed by atoms with Gasteiger partial charge in [0.05, 0.1) is 23.6 Å². The zero-order chi connectivity index (χ0) is 28.1. The van der Waals surface area contributed by atoms with Crippen molar-refractivity contribution >= 4 is 47.0 Å². The van der Waals surface area contributed by atoms with Crippen LogP contribution >= 0.6 is 0 Å². The third-order valence-electron chi connectivity index (χ3n) is 7.44. The van der Waals surface area contributed by atoms with E-state index >= 15 is 0 Å². The number of carbonyl (C=O) groups excluding carboxylic acids is 5. The Hall–Kier alpha value is -5.05. The monoisotopic (exact) mass is 536 g/mol. The van der Waals surface area contributed by atoms with E-state index in [-0.39, 0.29) is 5.78 Å². The molecule has 200 valence electrons. The second-order valence-electron chi connectivity index (χ2n) is 9.89. The van der Waals surface area contributed by atoms with Crippen LogP contribution in [0.3, 0.4) is 0 Å². The van der Waals surface area contributed by atoms with Gasteiger partial charge in [-0.2, -0.15) is 0 Å². The number of hydrogen-bond donors (Lipinski definition) is 0. The lowest BCUT2D eigenvalue weighted by atomic mass is 9.86. The van der Waals surface area contributed by atoms with Crippen molar-refractivity contribution in [3.05, 3.63) is 90.0 Å². The highest BCUT2D eigenvalue weighted by atomic mass is 16.5. The quantitative estimate of drug-likeness (QED) is 0.210. The molecule has 6 rings (SSSR count). The van der Waals surface area contributed by atoms with Crippen LogP contribution in [0.2, 0.25) is 0 Å². The minimum atomic E-state index is -0.942. The summed E-state index contributed by atoms with van der Waals surface area (Å²) in [4.78, 5) is 67.6. The number of carbonyl (C=O) groups is 5. The number of Topliss-reactive ketones (excluding diaryl/α,β-unsaturated/α-hetero) is 1. The average Bonchev–Trinajstić information content (AvgIpc) is 3.41. The molecule has 2 fully saturated rings. The third-order valence-corrected chi connectivity index (χ3v) is 7.44. The highest BCUT2D eigenvalue weighted by molar-refractivity contribution is 6.25. The van der Waals surface area contributed by atoms with Crippen molar-refractivity contribution < 1.29 is 33.4 Å². The predicted molar refractivity (Wildman–Crippen MR) is 145 cm³/mol. The molecule has 0 spiro atoms. The van der Waals surface area contributed by atoms with Crippen LogP contribution in [0.5, 0.6) is 11.5 Å².